The van der Waals surface area contributed by atoms with E-state index in [2.05, 4.69) is 36.1 Å². The lowest BCUT2D eigenvalue weighted by Gasteiger charge is -2.32. The van der Waals surface area contributed by atoms with Crippen molar-refractivity contribution >= 4 is 25.0 Å². The van der Waals surface area contributed by atoms with Crippen LogP contribution in [0.2, 0.25) is 25.5 Å². The number of nitrogens with zero attached hydrogens (tertiary/aromatic N) is 1. The molecule has 1 aliphatic heterocycles. The fourth-order valence-corrected chi connectivity index (χ4v) is 5.08. The lowest BCUT2D eigenvalue weighted by atomic mass is 9.70. The second-order valence-corrected chi connectivity index (χ2v) is 16.2. The van der Waals surface area contributed by atoms with Gasteiger partial charge in [0, 0.05) is 18.4 Å². The molecule has 0 aliphatic carbocycles. The van der Waals surface area contributed by atoms with Crippen molar-refractivity contribution in [3.8, 4) is 11.5 Å². The van der Waals surface area contributed by atoms with Gasteiger partial charge in [-0.1, -0.05) is 25.7 Å². The van der Waals surface area contributed by atoms with Gasteiger partial charge in [0.1, 0.15) is 8.07 Å². The smallest absolute Gasteiger partial charge is 0.403 e. The van der Waals surface area contributed by atoms with Crippen LogP contribution in [0.25, 0.3) is 0 Å². The predicted octanol–water partition coefficient (Wildman–Crippen LogP) is 3.98. The molecule has 1 aromatic rings. The van der Waals surface area contributed by atoms with Gasteiger partial charge >= 0.3 is 7.12 Å². The van der Waals surface area contributed by atoms with E-state index in [0.29, 0.717) is 12.8 Å². The average Bonchev–Trinajstić information content (AvgIpc) is 2.78. The van der Waals surface area contributed by atoms with Crippen LogP contribution in [0.5, 0.6) is 0 Å². The van der Waals surface area contributed by atoms with E-state index in [0.717, 1.165) is 0 Å². The van der Waals surface area contributed by atoms with Crippen LogP contribution in [0.3, 0.4) is 0 Å². The molecule has 1 aliphatic rings. The number of hydrogen-bond acceptors (Lipinski definition) is 5. The minimum atomic E-state index is -3.55. The molecule has 2 heterocycles. The maximum atomic E-state index is 12.9. The van der Waals surface area contributed by atoms with E-state index in [1.807, 2.05) is 27.7 Å². The Morgan fingerprint density at radius 3 is 2.25 bits per heavy atom. The molecule has 154 valence electrons. The molecule has 0 N–H and O–H groups in total. The lowest BCUT2D eigenvalue weighted by molar-refractivity contribution is 0.00578. The first-order chi connectivity index (χ1) is 12.7. The van der Waals surface area contributed by atoms with Gasteiger partial charge in [0.2, 0.25) is 0 Å². The average molecular weight is 421 g/mol. The van der Waals surface area contributed by atoms with Crippen molar-refractivity contribution in [1.29, 1.82) is 0 Å². The summed E-state index contributed by atoms with van der Waals surface area (Å²) in [5.74, 6) is 2.85. The molecule has 1 saturated heterocycles. The van der Waals surface area contributed by atoms with Crippen LogP contribution in [0.4, 0.5) is 0 Å². The van der Waals surface area contributed by atoms with E-state index in [1.54, 1.807) is 12.1 Å². The SMILES string of the molecule is CC1(C)OB([C@H](CCC#C[Si](C)(C)C)CS(=O)(=O)c2ccccn2)OC1(C)C. The minimum Gasteiger partial charge on any atom is -0.403 e. The minimum absolute atomic E-state index is 0.0739. The van der Waals surface area contributed by atoms with Crippen molar-refractivity contribution < 1.29 is 17.7 Å². The van der Waals surface area contributed by atoms with Gasteiger partial charge in [-0.2, -0.15) is 0 Å². The van der Waals surface area contributed by atoms with E-state index >= 15 is 0 Å². The zero-order valence-electron chi connectivity index (χ0n) is 18.1. The Morgan fingerprint density at radius 1 is 1.14 bits per heavy atom. The Morgan fingerprint density at radius 2 is 1.75 bits per heavy atom. The van der Waals surface area contributed by atoms with Crippen molar-refractivity contribution in [2.24, 2.45) is 0 Å². The molecule has 5 nitrogen and oxygen atoms in total. The van der Waals surface area contributed by atoms with Gasteiger partial charge in [0.25, 0.3) is 0 Å². The molecule has 0 radical (unpaired) electrons. The maximum Gasteiger partial charge on any atom is 0.462 e. The third-order valence-corrected chi connectivity index (χ3v) is 7.82. The molecule has 0 bridgehead atoms. The van der Waals surface area contributed by atoms with Crippen LogP contribution in [-0.4, -0.2) is 45.5 Å². The highest BCUT2D eigenvalue weighted by Crippen LogP contribution is 2.41. The fourth-order valence-electron chi connectivity index (χ4n) is 2.86. The van der Waals surface area contributed by atoms with Gasteiger partial charge in [0.05, 0.1) is 17.0 Å². The maximum absolute atomic E-state index is 12.9. The highest BCUT2D eigenvalue weighted by Gasteiger charge is 2.54. The molecule has 2 rings (SSSR count). The van der Waals surface area contributed by atoms with Crippen LogP contribution < -0.4 is 0 Å². The highest BCUT2D eigenvalue weighted by molar-refractivity contribution is 7.91. The molecule has 28 heavy (non-hydrogen) atoms. The van der Waals surface area contributed by atoms with Crippen LogP contribution in [-0.2, 0) is 19.1 Å². The van der Waals surface area contributed by atoms with Gasteiger partial charge in [-0.25, -0.2) is 13.4 Å². The van der Waals surface area contributed by atoms with E-state index in [1.165, 1.54) is 12.3 Å². The number of rotatable bonds is 6. The summed E-state index contributed by atoms with van der Waals surface area (Å²) in [4.78, 5) is 4.02. The molecule has 0 spiro atoms. The molecule has 1 aromatic heterocycles. The van der Waals surface area contributed by atoms with Crippen molar-refractivity contribution in [2.45, 2.75) is 82.2 Å². The van der Waals surface area contributed by atoms with E-state index in [-0.39, 0.29) is 16.6 Å². The summed E-state index contributed by atoms with van der Waals surface area (Å²) in [5.41, 5.74) is 2.33. The third kappa shape index (κ3) is 5.93. The first kappa shape index (κ1) is 23.1. The monoisotopic (exact) mass is 421 g/mol. The summed E-state index contributed by atoms with van der Waals surface area (Å²) >= 11 is 0. The van der Waals surface area contributed by atoms with Crippen LogP contribution in [0.15, 0.2) is 29.4 Å². The van der Waals surface area contributed by atoms with Crippen molar-refractivity contribution in [3.05, 3.63) is 24.4 Å². The summed E-state index contributed by atoms with van der Waals surface area (Å²) in [6, 6.07) is 4.92. The zero-order valence-corrected chi connectivity index (χ0v) is 19.9. The van der Waals surface area contributed by atoms with Crippen LogP contribution >= 0.6 is 0 Å². The van der Waals surface area contributed by atoms with E-state index in [4.69, 9.17) is 9.31 Å². The second kappa shape index (κ2) is 8.31. The summed E-state index contributed by atoms with van der Waals surface area (Å²) in [6.45, 7) is 14.5. The molecule has 1 fully saturated rings. The van der Waals surface area contributed by atoms with Gasteiger partial charge in [-0.3, -0.25) is 0 Å². The first-order valence-electron chi connectivity index (χ1n) is 9.73. The molecule has 0 aromatic carbocycles. The normalized spacial score (nSPS) is 19.8. The van der Waals surface area contributed by atoms with E-state index < -0.39 is 36.2 Å². The quantitative estimate of drug-likeness (QED) is 0.514. The van der Waals surface area contributed by atoms with Crippen LogP contribution in [0.1, 0.15) is 40.5 Å². The Bertz CT molecular complexity index is 822. The number of aromatic nitrogens is 1. The first-order valence-corrected chi connectivity index (χ1v) is 14.9. The summed E-state index contributed by atoms with van der Waals surface area (Å²) in [5, 5.41) is 0.0877. The fraction of sp³-hybridized carbons (Fsp3) is 0.650. The van der Waals surface area contributed by atoms with Gasteiger partial charge < -0.3 is 9.31 Å². The molecule has 0 saturated carbocycles. The molecule has 1 atom stereocenters. The predicted molar refractivity (Wildman–Crippen MR) is 116 cm³/mol. The van der Waals surface area contributed by atoms with Crippen molar-refractivity contribution in [1.82, 2.24) is 4.98 Å². The number of hydrogen-bond donors (Lipinski definition) is 0. The van der Waals surface area contributed by atoms with Crippen molar-refractivity contribution in [3.63, 3.8) is 0 Å². The van der Waals surface area contributed by atoms with E-state index in [9.17, 15) is 8.42 Å². The standard InChI is InChI=1S/C20H32BNO4SSi/c1-19(2)20(3,4)26-21(25-19)17(12-9-11-15-28(5,6)7)16-27(23,24)18-13-8-10-14-22-18/h8,10,13-14,17H,9,12,16H2,1-7H3/t17-/m1/s1. The molecule has 8 heteroatoms. The molecular weight excluding hydrogens is 389 g/mol. The Kier molecular flexibility index (Phi) is 6.87. The zero-order chi connectivity index (χ0) is 21.2. The summed E-state index contributed by atoms with van der Waals surface area (Å²) < 4.78 is 38.1. The number of pyridine rings is 1. The summed E-state index contributed by atoms with van der Waals surface area (Å²) in [7, 11) is -5.59. The van der Waals surface area contributed by atoms with Crippen LogP contribution in [0, 0.1) is 11.5 Å². The third-order valence-electron chi connectivity index (χ3n) is 5.15. The molecular formula is C20H32BNO4SSi. The highest BCUT2D eigenvalue weighted by atomic mass is 32.2. The number of sulfone groups is 1. The second-order valence-electron chi connectivity index (χ2n) is 9.42. The summed E-state index contributed by atoms with van der Waals surface area (Å²) in [6.07, 6.45) is 2.72. The Labute approximate surface area is 171 Å². The Balaban J connectivity index is 2.23. The van der Waals surface area contributed by atoms with Gasteiger partial charge in [-0.15, -0.1) is 11.5 Å². The lowest BCUT2D eigenvalue weighted by Crippen LogP contribution is -2.41. The Hall–Kier alpha value is -1.14. The van der Waals surface area contributed by atoms with Gasteiger partial charge in [0.15, 0.2) is 14.9 Å². The molecule has 0 unspecified atom stereocenters. The topological polar surface area (TPSA) is 65.5 Å². The molecule has 0 amide bonds. The largest absolute Gasteiger partial charge is 0.462 e. The van der Waals surface area contributed by atoms with Gasteiger partial charge in [-0.05, 0) is 46.2 Å². The van der Waals surface area contributed by atoms with Crippen molar-refractivity contribution in [2.75, 3.05) is 5.75 Å².